The maximum Gasteiger partial charge on any atom is 0.258 e. The Balaban J connectivity index is 1.43. The minimum absolute atomic E-state index is 0.151. The van der Waals surface area contributed by atoms with Crippen LogP contribution in [0.2, 0.25) is 0 Å². The quantitative estimate of drug-likeness (QED) is 0.655. The third-order valence-electron chi connectivity index (χ3n) is 5.26. The first-order valence-corrected chi connectivity index (χ1v) is 10.0. The van der Waals surface area contributed by atoms with Crippen LogP contribution in [-0.4, -0.2) is 52.1 Å². The van der Waals surface area contributed by atoms with E-state index in [1.165, 1.54) is 6.07 Å². The van der Waals surface area contributed by atoms with Gasteiger partial charge < -0.3 is 14.3 Å². The largest absolute Gasteiger partial charge is 0.353 e. The number of aryl methyl sites for hydroxylation is 1. The van der Waals surface area contributed by atoms with Crippen molar-refractivity contribution >= 4 is 11.7 Å². The molecule has 1 fully saturated rings. The maximum absolute atomic E-state index is 13.8. The average Bonchev–Trinajstić information content (AvgIpc) is 3.26. The van der Waals surface area contributed by atoms with Crippen LogP contribution in [0.15, 0.2) is 41.1 Å². The standard InChI is InChI=1S/C22H24FN5O2/c1-14(2)20-25-21(30-26-20)16-6-7-24-19(13-16)27-8-10-28(11-9-27)22(29)17-5-4-15(3)18(23)12-17/h4-7,12-14H,8-11H2,1-3H3. The molecular weight excluding hydrogens is 385 g/mol. The number of hydrogen-bond donors (Lipinski definition) is 0. The average molecular weight is 409 g/mol. The van der Waals surface area contributed by atoms with E-state index < -0.39 is 0 Å². The summed E-state index contributed by atoms with van der Waals surface area (Å²) >= 11 is 0. The van der Waals surface area contributed by atoms with Gasteiger partial charge in [0.25, 0.3) is 11.8 Å². The van der Waals surface area contributed by atoms with Crippen molar-refractivity contribution in [1.82, 2.24) is 20.0 Å². The molecule has 0 radical (unpaired) electrons. The van der Waals surface area contributed by atoms with Crippen LogP contribution in [0.5, 0.6) is 0 Å². The number of carbonyl (C=O) groups excluding carboxylic acids is 1. The molecule has 1 aliphatic heterocycles. The van der Waals surface area contributed by atoms with E-state index in [9.17, 15) is 9.18 Å². The van der Waals surface area contributed by atoms with Crippen LogP contribution in [0.4, 0.5) is 10.2 Å². The highest BCUT2D eigenvalue weighted by Crippen LogP contribution is 2.24. The fourth-order valence-corrected chi connectivity index (χ4v) is 3.36. The zero-order chi connectivity index (χ0) is 21.3. The summed E-state index contributed by atoms with van der Waals surface area (Å²) in [4.78, 5) is 25.5. The molecule has 1 amide bonds. The molecule has 0 spiro atoms. The van der Waals surface area contributed by atoms with Crippen LogP contribution in [0.25, 0.3) is 11.5 Å². The molecular formula is C22H24FN5O2. The number of nitrogens with zero attached hydrogens (tertiary/aromatic N) is 5. The van der Waals surface area contributed by atoms with Crippen molar-refractivity contribution in [2.45, 2.75) is 26.7 Å². The van der Waals surface area contributed by atoms with E-state index in [1.54, 1.807) is 30.2 Å². The minimum atomic E-state index is -0.359. The van der Waals surface area contributed by atoms with Gasteiger partial charge in [-0.25, -0.2) is 9.37 Å². The van der Waals surface area contributed by atoms with Gasteiger partial charge in [-0.2, -0.15) is 4.98 Å². The van der Waals surface area contributed by atoms with Gasteiger partial charge in [-0.05, 0) is 36.8 Å². The fourth-order valence-electron chi connectivity index (χ4n) is 3.36. The molecule has 0 unspecified atom stereocenters. The van der Waals surface area contributed by atoms with E-state index in [-0.39, 0.29) is 17.6 Å². The highest BCUT2D eigenvalue weighted by atomic mass is 19.1. The van der Waals surface area contributed by atoms with E-state index in [1.807, 2.05) is 26.0 Å². The van der Waals surface area contributed by atoms with Gasteiger partial charge in [0.15, 0.2) is 5.82 Å². The van der Waals surface area contributed by atoms with Gasteiger partial charge in [0.2, 0.25) is 0 Å². The Morgan fingerprint density at radius 3 is 2.57 bits per heavy atom. The number of amides is 1. The van der Waals surface area contributed by atoms with Crippen molar-refractivity contribution in [3.05, 3.63) is 59.3 Å². The van der Waals surface area contributed by atoms with Crippen molar-refractivity contribution in [2.24, 2.45) is 0 Å². The number of halogens is 1. The minimum Gasteiger partial charge on any atom is -0.353 e. The Morgan fingerprint density at radius 2 is 1.90 bits per heavy atom. The summed E-state index contributed by atoms with van der Waals surface area (Å²) in [5.74, 6) is 1.62. The van der Waals surface area contributed by atoms with Gasteiger partial charge in [-0.3, -0.25) is 4.79 Å². The van der Waals surface area contributed by atoms with Crippen LogP contribution in [0, 0.1) is 12.7 Å². The molecule has 3 heterocycles. The lowest BCUT2D eigenvalue weighted by Gasteiger charge is -2.35. The molecule has 4 rings (SSSR count). The van der Waals surface area contributed by atoms with Crippen LogP contribution < -0.4 is 4.90 Å². The van der Waals surface area contributed by atoms with Gasteiger partial charge in [-0.1, -0.05) is 25.1 Å². The van der Waals surface area contributed by atoms with Crippen LogP contribution in [0.1, 0.15) is 41.5 Å². The molecule has 0 aliphatic carbocycles. The van der Waals surface area contributed by atoms with Gasteiger partial charge in [-0.15, -0.1) is 0 Å². The second kappa shape index (κ2) is 8.22. The Morgan fingerprint density at radius 1 is 1.13 bits per heavy atom. The SMILES string of the molecule is Cc1ccc(C(=O)N2CCN(c3cc(-c4nc(C(C)C)no4)ccn3)CC2)cc1F. The molecule has 8 heteroatoms. The first-order chi connectivity index (χ1) is 14.4. The molecule has 1 saturated heterocycles. The highest BCUT2D eigenvalue weighted by molar-refractivity contribution is 5.94. The predicted octanol–water partition coefficient (Wildman–Crippen LogP) is 3.66. The highest BCUT2D eigenvalue weighted by Gasteiger charge is 2.24. The summed E-state index contributed by atoms with van der Waals surface area (Å²) in [6, 6.07) is 8.38. The number of rotatable bonds is 4. The topological polar surface area (TPSA) is 75.4 Å². The number of anilines is 1. The lowest BCUT2D eigenvalue weighted by molar-refractivity contribution is 0.0746. The van der Waals surface area contributed by atoms with Gasteiger partial charge in [0.1, 0.15) is 11.6 Å². The van der Waals surface area contributed by atoms with Crippen LogP contribution in [0.3, 0.4) is 0 Å². The second-order valence-electron chi connectivity index (χ2n) is 7.76. The Hall–Kier alpha value is -3.29. The lowest BCUT2D eigenvalue weighted by Crippen LogP contribution is -2.49. The summed E-state index contributed by atoms with van der Waals surface area (Å²) < 4.78 is 19.2. The van der Waals surface area contributed by atoms with E-state index >= 15 is 0 Å². The summed E-state index contributed by atoms with van der Waals surface area (Å²) in [5.41, 5.74) is 1.72. The normalized spacial score (nSPS) is 14.4. The van der Waals surface area contributed by atoms with E-state index in [0.29, 0.717) is 49.0 Å². The van der Waals surface area contributed by atoms with Crippen molar-refractivity contribution in [2.75, 3.05) is 31.1 Å². The van der Waals surface area contributed by atoms with Crippen molar-refractivity contribution in [3.8, 4) is 11.5 Å². The van der Waals surface area contributed by atoms with Crippen molar-refractivity contribution in [1.29, 1.82) is 0 Å². The summed E-state index contributed by atoms with van der Waals surface area (Å²) in [6.07, 6.45) is 1.72. The molecule has 0 bridgehead atoms. The predicted molar refractivity (Wildman–Crippen MR) is 111 cm³/mol. The zero-order valence-corrected chi connectivity index (χ0v) is 17.3. The number of carbonyl (C=O) groups is 1. The van der Waals surface area contributed by atoms with E-state index in [2.05, 4.69) is 20.0 Å². The molecule has 0 atom stereocenters. The Kier molecular flexibility index (Phi) is 5.48. The third-order valence-corrected chi connectivity index (χ3v) is 5.26. The molecule has 1 aromatic carbocycles. The van der Waals surface area contributed by atoms with Crippen molar-refractivity contribution in [3.63, 3.8) is 0 Å². The Labute approximate surface area is 174 Å². The fraction of sp³-hybridized carbons (Fsp3) is 0.364. The number of hydrogen-bond acceptors (Lipinski definition) is 6. The zero-order valence-electron chi connectivity index (χ0n) is 17.3. The monoisotopic (exact) mass is 409 g/mol. The molecule has 0 saturated carbocycles. The molecule has 1 aliphatic rings. The first kappa shape index (κ1) is 20.0. The molecule has 3 aromatic rings. The Bertz CT molecular complexity index is 1060. The number of piperazine rings is 1. The first-order valence-electron chi connectivity index (χ1n) is 10.0. The molecule has 30 heavy (non-hydrogen) atoms. The molecule has 156 valence electrons. The van der Waals surface area contributed by atoms with E-state index in [4.69, 9.17) is 4.52 Å². The smallest absolute Gasteiger partial charge is 0.258 e. The number of benzene rings is 1. The summed E-state index contributed by atoms with van der Waals surface area (Å²) in [5, 5.41) is 4.01. The van der Waals surface area contributed by atoms with E-state index in [0.717, 1.165) is 11.4 Å². The number of pyridine rings is 1. The number of aromatic nitrogens is 3. The van der Waals surface area contributed by atoms with Crippen LogP contribution >= 0.6 is 0 Å². The molecule has 2 aromatic heterocycles. The van der Waals surface area contributed by atoms with Gasteiger partial charge in [0.05, 0.1) is 0 Å². The molecule has 7 nitrogen and oxygen atoms in total. The van der Waals surface area contributed by atoms with Crippen LogP contribution in [-0.2, 0) is 0 Å². The summed E-state index contributed by atoms with van der Waals surface area (Å²) in [7, 11) is 0. The van der Waals surface area contributed by atoms with Gasteiger partial charge >= 0.3 is 0 Å². The lowest BCUT2D eigenvalue weighted by atomic mass is 10.1. The maximum atomic E-state index is 13.8. The third kappa shape index (κ3) is 4.03. The van der Waals surface area contributed by atoms with Gasteiger partial charge in [0, 0.05) is 49.4 Å². The van der Waals surface area contributed by atoms with Crippen molar-refractivity contribution < 1.29 is 13.7 Å². The summed E-state index contributed by atoms with van der Waals surface area (Å²) in [6.45, 7) is 8.06. The second-order valence-corrected chi connectivity index (χ2v) is 7.76. The molecule has 0 N–H and O–H groups in total.